The summed E-state index contributed by atoms with van der Waals surface area (Å²) in [5.41, 5.74) is 2.92. The summed E-state index contributed by atoms with van der Waals surface area (Å²) in [5.74, 6) is 0.667. The molecule has 1 atom stereocenters. The minimum atomic E-state index is 0.526. The highest BCUT2D eigenvalue weighted by atomic mass is 15.3. The summed E-state index contributed by atoms with van der Waals surface area (Å²) < 4.78 is 2.23. The molecule has 17 heavy (non-hydrogen) atoms. The minimum Gasteiger partial charge on any atom is -0.310 e. The maximum Gasteiger partial charge on any atom is 0.0540 e. The van der Waals surface area contributed by atoms with Crippen molar-refractivity contribution in [1.82, 2.24) is 15.1 Å². The van der Waals surface area contributed by atoms with Gasteiger partial charge in [0.2, 0.25) is 0 Å². The summed E-state index contributed by atoms with van der Waals surface area (Å²) in [4.78, 5) is 0. The molecule has 1 aromatic rings. The Morgan fingerprint density at radius 1 is 1.47 bits per heavy atom. The Bertz CT molecular complexity index is 354. The van der Waals surface area contributed by atoms with Gasteiger partial charge >= 0.3 is 0 Å². The van der Waals surface area contributed by atoms with E-state index in [4.69, 9.17) is 0 Å². The van der Waals surface area contributed by atoms with Crippen LogP contribution >= 0.6 is 0 Å². The first-order valence-corrected chi connectivity index (χ1v) is 7.00. The fourth-order valence-corrected chi connectivity index (χ4v) is 2.75. The van der Waals surface area contributed by atoms with Crippen LogP contribution in [0.5, 0.6) is 0 Å². The van der Waals surface area contributed by atoms with Gasteiger partial charge in [-0.15, -0.1) is 0 Å². The van der Waals surface area contributed by atoms with Gasteiger partial charge in [-0.05, 0) is 31.7 Å². The fraction of sp³-hybridized carbons (Fsp3) is 0.786. The van der Waals surface area contributed by atoms with Crippen molar-refractivity contribution < 1.29 is 0 Å². The Labute approximate surface area is 105 Å². The SMILES string of the molecule is CCNC1CCCCc2c1cnn2CC(C)C. The summed E-state index contributed by atoms with van der Waals surface area (Å²) in [6.45, 7) is 8.79. The maximum atomic E-state index is 4.59. The average Bonchev–Trinajstić information content (AvgIpc) is 2.54. The largest absolute Gasteiger partial charge is 0.310 e. The predicted octanol–water partition coefficient (Wildman–Crippen LogP) is 2.92. The maximum absolute atomic E-state index is 4.59. The lowest BCUT2D eigenvalue weighted by Gasteiger charge is -2.16. The molecular formula is C14H25N3. The van der Waals surface area contributed by atoms with E-state index in [9.17, 15) is 0 Å². The van der Waals surface area contributed by atoms with Gasteiger partial charge in [0.25, 0.3) is 0 Å². The second-order valence-corrected chi connectivity index (χ2v) is 5.48. The summed E-state index contributed by atoms with van der Waals surface area (Å²) in [6, 6.07) is 0.526. The number of fused-ring (bicyclic) bond motifs is 1. The molecule has 0 radical (unpaired) electrons. The van der Waals surface area contributed by atoms with Crippen molar-refractivity contribution in [3.63, 3.8) is 0 Å². The zero-order valence-corrected chi connectivity index (χ0v) is 11.4. The van der Waals surface area contributed by atoms with E-state index in [0.29, 0.717) is 12.0 Å². The lowest BCUT2D eigenvalue weighted by molar-refractivity contribution is 0.466. The highest BCUT2D eigenvalue weighted by molar-refractivity contribution is 5.23. The number of nitrogens with one attached hydrogen (secondary N) is 1. The van der Waals surface area contributed by atoms with Gasteiger partial charge in [0.15, 0.2) is 0 Å². The minimum absolute atomic E-state index is 0.526. The molecule has 0 aromatic carbocycles. The van der Waals surface area contributed by atoms with Crippen LogP contribution in [0.3, 0.4) is 0 Å². The Hall–Kier alpha value is -0.830. The monoisotopic (exact) mass is 235 g/mol. The van der Waals surface area contributed by atoms with Crippen molar-refractivity contribution in [1.29, 1.82) is 0 Å². The van der Waals surface area contributed by atoms with Crippen LogP contribution < -0.4 is 5.32 Å². The number of nitrogens with zero attached hydrogens (tertiary/aromatic N) is 2. The molecule has 0 spiro atoms. The van der Waals surface area contributed by atoms with Gasteiger partial charge < -0.3 is 5.32 Å². The van der Waals surface area contributed by atoms with Crippen molar-refractivity contribution in [2.24, 2.45) is 5.92 Å². The first-order chi connectivity index (χ1) is 8.22. The van der Waals surface area contributed by atoms with Gasteiger partial charge in [-0.1, -0.05) is 27.2 Å². The molecule has 3 heteroatoms. The number of rotatable bonds is 4. The van der Waals surface area contributed by atoms with E-state index < -0.39 is 0 Å². The van der Waals surface area contributed by atoms with E-state index in [1.807, 2.05) is 0 Å². The van der Waals surface area contributed by atoms with Crippen LogP contribution in [0.15, 0.2) is 6.20 Å². The molecule has 0 fully saturated rings. The topological polar surface area (TPSA) is 29.9 Å². The smallest absolute Gasteiger partial charge is 0.0540 e. The van der Waals surface area contributed by atoms with Gasteiger partial charge in [0.05, 0.1) is 6.20 Å². The number of hydrogen-bond acceptors (Lipinski definition) is 2. The molecule has 3 nitrogen and oxygen atoms in total. The third-order valence-electron chi connectivity index (χ3n) is 3.50. The Morgan fingerprint density at radius 2 is 2.29 bits per heavy atom. The zero-order chi connectivity index (χ0) is 12.3. The second kappa shape index (κ2) is 5.67. The Balaban J connectivity index is 2.24. The lowest BCUT2D eigenvalue weighted by atomic mass is 10.1. The predicted molar refractivity (Wildman–Crippen MR) is 71.0 cm³/mol. The molecular weight excluding hydrogens is 210 g/mol. The standard InChI is InChI=1S/C14H25N3/c1-4-15-13-7-5-6-8-14-12(13)9-16-17(14)10-11(2)3/h9,11,13,15H,4-8,10H2,1-3H3. The van der Waals surface area contributed by atoms with Gasteiger partial charge in [-0.3, -0.25) is 4.68 Å². The highest BCUT2D eigenvalue weighted by Gasteiger charge is 2.21. The molecule has 1 unspecified atom stereocenters. The molecule has 0 saturated heterocycles. The summed E-state index contributed by atoms with van der Waals surface area (Å²) >= 11 is 0. The third kappa shape index (κ3) is 2.89. The van der Waals surface area contributed by atoms with E-state index in [2.05, 4.69) is 42.1 Å². The Morgan fingerprint density at radius 3 is 3.00 bits per heavy atom. The molecule has 1 aliphatic carbocycles. The van der Waals surface area contributed by atoms with Crippen molar-refractivity contribution in [2.75, 3.05) is 6.54 Å². The molecule has 0 amide bonds. The van der Waals surface area contributed by atoms with E-state index in [0.717, 1.165) is 13.1 Å². The van der Waals surface area contributed by atoms with Crippen molar-refractivity contribution in [3.8, 4) is 0 Å². The van der Waals surface area contributed by atoms with Crippen LogP contribution in [-0.4, -0.2) is 16.3 Å². The molecule has 1 aliphatic rings. The average molecular weight is 235 g/mol. The lowest BCUT2D eigenvalue weighted by Crippen LogP contribution is -2.21. The van der Waals surface area contributed by atoms with Gasteiger partial charge in [-0.25, -0.2) is 0 Å². The molecule has 2 rings (SSSR count). The summed E-state index contributed by atoms with van der Waals surface area (Å²) in [7, 11) is 0. The molecule has 96 valence electrons. The fourth-order valence-electron chi connectivity index (χ4n) is 2.75. The number of hydrogen-bond donors (Lipinski definition) is 1. The first kappa shape index (κ1) is 12.6. The van der Waals surface area contributed by atoms with Crippen LogP contribution in [0.25, 0.3) is 0 Å². The van der Waals surface area contributed by atoms with Crippen LogP contribution in [0, 0.1) is 5.92 Å². The quantitative estimate of drug-likeness (QED) is 0.813. The third-order valence-corrected chi connectivity index (χ3v) is 3.50. The van der Waals surface area contributed by atoms with Gasteiger partial charge in [-0.2, -0.15) is 5.10 Å². The Kier molecular flexibility index (Phi) is 4.21. The van der Waals surface area contributed by atoms with Crippen LogP contribution in [0.1, 0.15) is 57.3 Å². The van der Waals surface area contributed by atoms with Crippen LogP contribution in [0.2, 0.25) is 0 Å². The zero-order valence-electron chi connectivity index (χ0n) is 11.4. The van der Waals surface area contributed by atoms with Gasteiger partial charge in [0, 0.05) is 23.8 Å². The molecule has 0 aliphatic heterocycles. The summed E-state index contributed by atoms with van der Waals surface area (Å²) in [6.07, 6.45) is 7.18. The van der Waals surface area contributed by atoms with E-state index in [-0.39, 0.29) is 0 Å². The van der Waals surface area contributed by atoms with E-state index >= 15 is 0 Å². The van der Waals surface area contributed by atoms with Crippen LogP contribution in [0.4, 0.5) is 0 Å². The van der Waals surface area contributed by atoms with Gasteiger partial charge in [0.1, 0.15) is 0 Å². The van der Waals surface area contributed by atoms with Crippen molar-refractivity contribution >= 4 is 0 Å². The molecule has 1 heterocycles. The van der Waals surface area contributed by atoms with Crippen molar-refractivity contribution in [3.05, 3.63) is 17.5 Å². The van der Waals surface area contributed by atoms with E-state index in [1.165, 1.54) is 36.9 Å². The van der Waals surface area contributed by atoms with Crippen LogP contribution in [-0.2, 0) is 13.0 Å². The highest BCUT2D eigenvalue weighted by Crippen LogP contribution is 2.28. The second-order valence-electron chi connectivity index (χ2n) is 5.48. The van der Waals surface area contributed by atoms with E-state index in [1.54, 1.807) is 0 Å². The summed E-state index contributed by atoms with van der Waals surface area (Å²) in [5, 5.41) is 8.18. The molecule has 1 aromatic heterocycles. The molecule has 0 bridgehead atoms. The number of aromatic nitrogens is 2. The molecule has 0 saturated carbocycles. The van der Waals surface area contributed by atoms with Crippen molar-refractivity contribution in [2.45, 2.75) is 59.0 Å². The normalized spacial score (nSPS) is 20.4. The molecule has 1 N–H and O–H groups in total. The first-order valence-electron chi connectivity index (χ1n) is 7.00.